The van der Waals surface area contributed by atoms with Crippen molar-refractivity contribution in [3.05, 3.63) is 81.9 Å². The third-order valence-electron chi connectivity index (χ3n) is 3.48. The maximum absolute atomic E-state index is 14.1. The number of ether oxygens (including phenoxy) is 2. The molecule has 0 aliphatic heterocycles. The highest BCUT2D eigenvalue weighted by atomic mass is 19.2. The van der Waals surface area contributed by atoms with Crippen LogP contribution in [0, 0.1) is 23.3 Å². The third kappa shape index (κ3) is 4.63. The molecule has 0 amide bonds. The molecule has 0 saturated heterocycles. The van der Waals surface area contributed by atoms with E-state index in [0.717, 1.165) is 18.3 Å². The highest BCUT2D eigenvalue weighted by molar-refractivity contribution is 5.35. The predicted molar refractivity (Wildman–Crippen MR) is 86.8 cm³/mol. The molecule has 140 valence electrons. The van der Waals surface area contributed by atoms with Crippen LogP contribution >= 0.6 is 0 Å². The summed E-state index contributed by atoms with van der Waals surface area (Å²) in [7, 11) is 0. The largest absolute Gasteiger partial charge is 0.476 e. The summed E-state index contributed by atoms with van der Waals surface area (Å²) < 4.78 is 63.9. The normalized spacial score (nSPS) is 10.7. The number of benzene rings is 2. The summed E-state index contributed by atoms with van der Waals surface area (Å²) in [5, 5.41) is 0. The van der Waals surface area contributed by atoms with E-state index in [2.05, 4.69) is 9.97 Å². The van der Waals surface area contributed by atoms with E-state index in [0.29, 0.717) is 5.56 Å². The highest BCUT2D eigenvalue weighted by Gasteiger charge is 2.10. The topological polar surface area (TPSA) is 64.2 Å². The van der Waals surface area contributed by atoms with E-state index in [1.165, 1.54) is 24.3 Å². The maximum atomic E-state index is 14.1. The van der Waals surface area contributed by atoms with Crippen molar-refractivity contribution < 1.29 is 27.0 Å². The van der Waals surface area contributed by atoms with Gasteiger partial charge in [-0.15, -0.1) is 0 Å². The summed E-state index contributed by atoms with van der Waals surface area (Å²) in [6.07, 6.45) is 0.949. The van der Waals surface area contributed by atoms with Gasteiger partial charge in [0.05, 0.1) is 12.8 Å². The molecule has 0 bridgehead atoms. The lowest BCUT2D eigenvalue weighted by molar-refractivity contribution is 0.289. The highest BCUT2D eigenvalue weighted by Crippen LogP contribution is 2.26. The zero-order chi connectivity index (χ0) is 19.4. The van der Waals surface area contributed by atoms with Crippen molar-refractivity contribution in [3.63, 3.8) is 0 Å². The summed E-state index contributed by atoms with van der Waals surface area (Å²) in [6, 6.07) is 6.87. The van der Waals surface area contributed by atoms with Gasteiger partial charge in [-0.3, -0.25) is 4.98 Å². The van der Waals surface area contributed by atoms with Crippen LogP contribution in [0.5, 0.6) is 17.4 Å². The van der Waals surface area contributed by atoms with Crippen molar-refractivity contribution in [3.8, 4) is 17.4 Å². The van der Waals surface area contributed by atoms with Gasteiger partial charge in [0.15, 0.2) is 23.2 Å². The van der Waals surface area contributed by atoms with Crippen LogP contribution in [0.15, 0.2) is 47.4 Å². The summed E-state index contributed by atoms with van der Waals surface area (Å²) in [5.41, 5.74) is -0.238. The standard InChI is InChI=1S/C18H12F4N2O3/c19-12-3-2-11(8-13(12)20)27-16-4-1-10(7-14(16)21)5-6-26-17-15(22)9-23-18(25)24-17/h1-4,7-9H,5-6H2,(H,23,24,25). The molecule has 1 heterocycles. The Morgan fingerprint density at radius 2 is 1.74 bits per heavy atom. The number of nitrogens with one attached hydrogen (secondary N) is 1. The van der Waals surface area contributed by atoms with Gasteiger partial charge >= 0.3 is 5.69 Å². The van der Waals surface area contributed by atoms with Crippen molar-refractivity contribution in [2.24, 2.45) is 0 Å². The summed E-state index contributed by atoms with van der Waals surface area (Å²) in [4.78, 5) is 16.3. The number of H-pyrrole nitrogens is 1. The van der Waals surface area contributed by atoms with Crippen molar-refractivity contribution in [1.82, 2.24) is 9.97 Å². The van der Waals surface area contributed by atoms with E-state index in [9.17, 15) is 22.4 Å². The number of hydrogen-bond acceptors (Lipinski definition) is 4. The predicted octanol–water partition coefficient (Wildman–Crippen LogP) is 3.74. The lowest BCUT2D eigenvalue weighted by Crippen LogP contribution is -2.14. The molecule has 0 fully saturated rings. The fraction of sp³-hybridized carbons (Fsp3) is 0.111. The van der Waals surface area contributed by atoms with Crippen molar-refractivity contribution >= 4 is 0 Å². The van der Waals surface area contributed by atoms with Gasteiger partial charge in [-0.05, 0) is 29.8 Å². The van der Waals surface area contributed by atoms with Gasteiger partial charge in [0.2, 0.25) is 11.7 Å². The Hall–Kier alpha value is -3.36. The first kappa shape index (κ1) is 18.4. The smallest absolute Gasteiger partial charge is 0.347 e. The molecule has 9 heteroatoms. The molecule has 3 aromatic rings. The van der Waals surface area contributed by atoms with Crippen LogP contribution in [-0.2, 0) is 6.42 Å². The molecule has 0 aliphatic rings. The molecule has 1 aromatic heterocycles. The third-order valence-corrected chi connectivity index (χ3v) is 3.48. The summed E-state index contributed by atoms with van der Waals surface area (Å²) in [5.74, 6) is -4.27. The van der Waals surface area contributed by atoms with Crippen molar-refractivity contribution in [2.75, 3.05) is 6.61 Å². The number of halogens is 4. The van der Waals surface area contributed by atoms with Crippen LogP contribution < -0.4 is 15.2 Å². The van der Waals surface area contributed by atoms with E-state index >= 15 is 0 Å². The van der Waals surface area contributed by atoms with Crippen LogP contribution in [0.2, 0.25) is 0 Å². The van der Waals surface area contributed by atoms with Gasteiger partial charge < -0.3 is 9.47 Å². The van der Waals surface area contributed by atoms with Gasteiger partial charge in [-0.25, -0.2) is 18.0 Å². The second kappa shape index (κ2) is 7.90. The molecule has 2 aromatic carbocycles. The van der Waals surface area contributed by atoms with Crippen molar-refractivity contribution in [1.29, 1.82) is 0 Å². The molecule has 0 unspecified atom stereocenters. The first-order valence-corrected chi connectivity index (χ1v) is 7.71. The molecule has 0 spiro atoms. The lowest BCUT2D eigenvalue weighted by Gasteiger charge is -2.09. The molecule has 1 N–H and O–H groups in total. The summed E-state index contributed by atoms with van der Waals surface area (Å²) >= 11 is 0. The zero-order valence-corrected chi connectivity index (χ0v) is 13.6. The fourth-order valence-electron chi connectivity index (χ4n) is 2.19. The van der Waals surface area contributed by atoms with Gasteiger partial charge in [-0.1, -0.05) is 6.07 Å². The van der Waals surface area contributed by atoms with Gasteiger partial charge in [-0.2, -0.15) is 9.37 Å². The molecule has 0 saturated carbocycles. The Labute approximate surface area is 150 Å². The minimum absolute atomic E-state index is 0.0281. The number of nitrogens with zero attached hydrogens (tertiary/aromatic N) is 1. The van der Waals surface area contributed by atoms with Crippen LogP contribution in [0.3, 0.4) is 0 Å². The SMILES string of the molecule is O=c1ncc(F)c(OCCc2ccc(Oc3ccc(F)c(F)c3)c(F)c2)[nH]1. The Balaban J connectivity index is 1.63. The Kier molecular flexibility index (Phi) is 5.39. The van der Waals surface area contributed by atoms with E-state index in [1.54, 1.807) is 0 Å². The molecular weight excluding hydrogens is 368 g/mol. The van der Waals surface area contributed by atoms with Gasteiger partial charge in [0.1, 0.15) is 5.75 Å². The van der Waals surface area contributed by atoms with Crippen LogP contribution in [0.25, 0.3) is 0 Å². The van der Waals surface area contributed by atoms with E-state index < -0.39 is 29.0 Å². The number of rotatable bonds is 6. The van der Waals surface area contributed by atoms with E-state index in [-0.39, 0.29) is 30.4 Å². The Bertz CT molecular complexity index is 1020. The second-order valence-corrected chi connectivity index (χ2v) is 5.41. The summed E-state index contributed by atoms with van der Waals surface area (Å²) in [6.45, 7) is -0.0281. The monoisotopic (exact) mass is 380 g/mol. The average molecular weight is 380 g/mol. The quantitative estimate of drug-likeness (QED) is 0.662. The lowest BCUT2D eigenvalue weighted by atomic mass is 10.1. The van der Waals surface area contributed by atoms with Crippen molar-refractivity contribution in [2.45, 2.75) is 6.42 Å². The molecule has 3 rings (SSSR count). The molecule has 0 atom stereocenters. The maximum Gasteiger partial charge on any atom is 0.347 e. The molecular formula is C18H12F4N2O3. The van der Waals surface area contributed by atoms with E-state index in [1.807, 2.05) is 0 Å². The zero-order valence-electron chi connectivity index (χ0n) is 13.6. The van der Waals surface area contributed by atoms with Crippen LogP contribution in [0.4, 0.5) is 17.6 Å². The van der Waals surface area contributed by atoms with Gasteiger partial charge in [0, 0.05) is 12.5 Å². The van der Waals surface area contributed by atoms with Gasteiger partial charge in [0.25, 0.3) is 0 Å². The minimum atomic E-state index is -1.11. The Morgan fingerprint density at radius 3 is 2.48 bits per heavy atom. The first-order valence-electron chi connectivity index (χ1n) is 7.71. The molecule has 27 heavy (non-hydrogen) atoms. The number of aromatic nitrogens is 2. The molecule has 5 nitrogen and oxygen atoms in total. The van der Waals surface area contributed by atoms with Crippen LogP contribution in [-0.4, -0.2) is 16.6 Å². The minimum Gasteiger partial charge on any atom is -0.476 e. The van der Waals surface area contributed by atoms with E-state index in [4.69, 9.17) is 9.47 Å². The average Bonchev–Trinajstić information content (AvgIpc) is 2.63. The first-order chi connectivity index (χ1) is 12.9. The second-order valence-electron chi connectivity index (χ2n) is 5.41. The van der Waals surface area contributed by atoms with Crippen LogP contribution in [0.1, 0.15) is 5.56 Å². The fourth-order valence-corrected chi connectivity index (χ4v) is 2.19. The number of hydrogen-bond donors (Lipinski definition) is 1. The Morgan fingerprint density at radius 1 is 0.926 bits per heavy atom. The number of aromatic amines is 1. The molecule has 0 radical (unpaired) electrons. The molecule has 0 aliphatic carbocycles.